The van der Waals surface area contributed by atoms with Crippen LogP contribution in [0.3, 0.4) is 0 Å². The van der Waals surface area contributed by atoms with Gasteiger partial charge in [0, 0.05) is 18.7 Å². The Hall–Kier alpha value is -3.30. The summed E-state index contributed by atoms with van der Waals surface area (Å²) in [6, 6.07) is 3.62. The van der Waals surface area contributed by atoms with E-state index in [2.05, 4.69) is 51.3 Å². The van der Waals surface area contributed by atoms with Crippen molar-refractivity contribution in [2.75, 3.05) is 0 Å². The molecule has 4 rings (SSSR count). The number of hydrogen-bond acceptors (Lipinski definition) is 8. The van der Waals surface area contributed by atoms with E-state index in [0.717, 1.165) is 5.56 Å². The first-order chi connectivity index (χ1) is 12.4. The third-order valence-corrected chi connectivity index (χ3v) is 3.82. The molecule has 0 aliphatic rings. The van der Waals surface area contributed by atoms with Crippen LogP contribution in [-0.4, -0.2) is 39.7 Å². The lowest BCUT2D eigenvalue weighted by molar-refractivity contribution is 0.271. The lowest BCUT2D eigenvalue weighted by Crippen LogP contribution is -2.16. The van der Waals surface area contributed by atoms with Gasteiger partial charge in [-0.25, -0.2) is 4.98 Å². The molecule has 0 aromatic carbocycles. The standard InChI is InChI=1S/C16H18N8O2/c1-16(2,3)10-7-13-18-19-14(11-5-6-26-22-11)24(13)21-15(10)25-8-12-17-9-23(4)20-12/h5-7,9H,8H2,1-4H3. The molecular weight excluding hydrogens is 336 g/mol. The molecule has 0 saturated carbocycles. The highest BCUT2D eigenvalue weighted by Gasteiger charge is 2.24. The van der Waals surface area contributed by atoms with Crippen molar-refractivity contribution in [3.8, 4) is 17.4 Å². The average molecular weight is 354 g/mol. The highest BCUT2D eigenvalue weighted by Crippen LogP contribution is 2.31. The lowest BCUT2D eigenvalue weighted by atomic mass is 9.88. The van der Waals surface area contributed by atoms with Crippen LogP contribution >= 0.6 is 0 Å². The maximum absolute atomic E-state index is 5.94. The predicted octanol–water partition coefficient (Wildman–Crippen LogP) is 1.78. The van der Waals surface area contributed by atoms with Crippen LogP contribution in [0.4, 0.5) is 0 Å². The molecular formula is C16H18N8O2. The van der Waals surface area contributed by atoms with Crippen LogP contribution in [-0.2, 0) is 19.1 Å². The van der Waals surface area contributed by atoms with Gasteiger partial charge in [-0.3, -0.25) is 4.68 Å². The quantitative estimate of drug-likeness (QED) is 0.545. The zero-order valence-corrected chi connectivity index (χ0v) is 14.9. The predicted molar refractivity (Wildman–Crippen MR) is 90.3 cm³/mol. The Balaban J connectivity index is 1.78. The Morgan fingerprint density at radius 3 is 2.69 bits per heavy atom. The summed E-state index contributed by atoms with van der Waals surface area (Å²) in [5.74, 6) is 1.53. The maximum atomic E-state index is 5.94. The Kier molecular flexibility index (Phi) is 3.67. The van der Waals surface area contributed by atoms with E-state index in [1.165, 1.54) is 6.26 Å². The molecule has 0 atom stereocenters. The highest BCUT2D eigenvalue weighted by atomic mass is 16.5. The molecule has 0 amide bonds. The minimum atomic E-state index is -0.193. The van der Waals surface area contributed by atoms with Crippen molar-refractivity contribution in [2.24, 2.45) is 7.05 Å². The minimum absolute atomic E-state index is 0.193. The van der Waals surface area contributed by atoms with Gasteiger partial charge in [-0.1, -0.05) is 25.9 Å². The zero-order valence-electron chi connectivity index (χ0n) is 14.9. The summed E-state index contributed by atoms with van der Waals surface area (Å²) < 4.78 is 14.1. The first-order valence-corrected chi connectivity index (χ1v) is 8.07. The SMILES string of the molecule is Cn1cnc(COc2nn3c(-c4ccon4)nnc3cc2C(C)(C)C)n1. The third-order valence-electron chi connectivity index (χ3n) is 3.82. The summed E-state index contributed by atoms with van der Waals surface area (Å²) in [5, 5.41) is 21.1. The molecule has 0 aliphatic heterocycles. The van der Waals surface area contributed by atoms with E-state index in [-0.39, 0.29) is 12.0 Å². The van der Waals surface area contributed by atoms with Crippen molar-refractivity contribution in [1.29, 1.82) is 0 Å². The van der Waals surface area contributed by atoms with Crippen LogP contribution in [0.2, 0.25) is 0 Å². The molecule has 4 heterocycles. The van der Waals surface area contributed by atoms with E-state index in [1.807, 2.05) is 13.1 Å². The summed E-state index contributed by atoms with van der Waals surface area (Å²) in [4.78, 5) is 4.18. The fourth-order valence-corrected chi connectivity index (χ4v) is 2.53. The van der Waals surface area contributed by atoms with Crippen molar-refractivity contribution >= 4 is 5.65 Å². The summed E-state index contributed by atoms with van der Waals surface area (Å²) in [5.41, 5.74) is 1.88. The van der Waals surface area contributed by atoms with E-state index in [0.29, 0.717) is 28.9 Å². The number of ether oxygens (including phenoxy) is 1. The van der Waals surface area contributed by atoms with E-state index < -0.39 is 0 Å². The molecule has 26 heavy (non-hydrogen) atoms. The van der Waals surface area contributed by atoms with Gasteiger partial charge in [0.05, 0.1) is 0 Å². The smallest absolute Gasteiger partial charge is 0.236 e. The molecule has 4 aromatic rings. The number of fused-ring (bicyclic) bond motifs is 1. The molecule has 0 N–H and O–H groups in total. The molecule has 0 saturated heterocycles. The zero-order chi connectivity index (χ0) is 18.3. The second-order valence-corrected chi connectivity index (χ2v) is 6.91. The van der Waals surface area contributed by atoms with E-state index in [4.69, 9.17) is 9.26 Å². The molecule has 0 aliphatic carbocycles. The molecule has 0 unspecified atom stereocenters. The van der Waals surface area contributed by atoms with Crippen molar-refractivity contribution in [2.45, 2.75) is 32.8 Å². The van der Waals surface area contributed by atoms with Crippen molar-refractivity contribution in [3.05, 3.63) is 36.1 Å². The topological polar surface area (TPSA) is 109 Å². The molecule has 10 heteroatoms. The van der Waals surface area contributed by atoms with Crippen LogP contribution < -0.4 is 4.74 Å². The van der Waals surface area contributed by atoms with E-state index in [1.54, 1.807) is 21.6 Å². The van der Waals surface area contributed by atoms with Gasteiger partial charge >= 0.3 is 0 Å². The van der Waals surface area contributed by atoms with Crippen LogP contribution in [0.1, 0.15) is 32.2 Å². The molecule has 0 fully saturated rings. The Morgan fingerprint density at radius 2 is 2.04 bits per heavy atom. The second kappa shape index (κ2) is 5.90. The summed E-state index contributed by atoms with van der Waals surface area (Å²) in [6.07, 6.45) is 3.10. The first kappa shape index (κ1) is 16.2. The Labute approximate surface area is 148 Å². The van der Waals surface area contributed by atoms with Crippen LogP contribution in [0.5, 0.6) is 5.88 Å². The van der Waals surface area contributed by atoms with Crippen LogP contribution in [0.25, 0.3) is 17.2 Å². The molecule has 4 aromatic heterocycles. The van der Waals surface area contributed by atoms with Crippen molar-refractivity contribution in [3.63, 3.8) is 0 Å². The molecule has 10 nitrogen and oxygen atoms in total. The molecule has 0 bridgehead atoms. The van der Waals surface area contributed by atoms with Gasteiger partial charge in [0.15, 0.2) is 23.8 Å². The minimum Gasteiger partial charge on any atom is -0.468 e. The summed E-state index contributed by atoms with van der Waals surface area (Å²) in [7, 11) is 1.81. The Morgan fingerprint density at radius 1 is 1.19 bits per heavy atom. The molecule has 0 radical (unpaired) electrons. The molecule has 134 valence electrons. The highest BCUT2D eigenvalue weighted by molar-refractivity contribution is 5.55. The second-order valence-electron chi connectivity index (χ2n) is 6.91. The lowest BCUT2D eigenvalue weighted by Gasteiger charge is -2.21. The first-order valence-electron chi connectivity index (χ1n) is 8.07. The van der Waals surface area contributed by atoms with E-state index in [9.17, 15) is 0 Å². The van der Waals surface area contributed by atoms with Gasteiger partial charge in [-0.15, -0.1) is 15.3 Å². The normalized spacial score (nSPS) is 12.0. The third kappa shape index (κ3) is 2.89. The van der Waals surface area contributed by atoms with E-state index >= 15 is 0 Å². The summed E-state index contributed by atoms with van der Waals surface area (Å²) in [6.45, 7) is 6.47. The summed E-state index contributed by atoms with van der Waals surface area (Å²) >= 11 is 0. The monoisotopic (exact) mass is 354 g/mol. The van der Waals surface area contributed by atoms with Gasteiger partial charge in [0.2, 0.25) is 11.7 Å². The largest absolute Gasteiger partial charge is 0.468 e. The number of nitrogens with zero attached hydrogens (tertiary/aromatic N) is 8. The van der Waals surface area contributed by atoms with Gasteiger partial charge in [-0.05, 0) is 11.5 Å². The average Bonchev–Trinajstić information content (AvgIpc) is 3.31. The van der Waals surface area contributed by atoms with Gasteiger partial charge in [0.1, 0.15) is 12.6 Å². The fraction of sp³-hybridized carbons (Fsp3) is 0.375. The van der Waals surface area contributed by atoms with Gasteiger partial charge < -0.3 is 9.26 Å². The maximum Gasteiger partial charge on any atom is 0.236 e. The van der Waals surface area contributed by atoms with Crippen LogP contribution in [0.15, 0.2) is 29.2 Å². The number of aromatic nitrogens is 8. The van der Waals surface area contributed by atoms with Gasteiger partial charge in [-0.2, -0.15) is 9.61 Å². The number of aryl methyl sites for hydroxylation is 1. The van der Waals surface area contributed by atoms with Crippen LogP contribution in [0, 0.1) is 0 Å². The van der Waals surface area contributed by atoms with Crippen molar-refractivity contribution < 1.29 is 9.26 Å². The van der Waals surface area contributed by atoms with Gasteiger partial charge in [0.25, 0.3) is 0 Å². The number of hydrogen-bond donors (Lipinski definition) is 0. The fourth-order valence-electron chi connectivity index (χ4n) is 2.53. The Bertz CT molecular complexity index is 1040. The van der Waals surface area contributed by atoms with Crippen molar-refractivity contribution in [1.82, 2.24) is 39.7 Å². The molecule has 0 spiro atoms. The number of rotatable bonds is 4.